The topological polar surface area (TPSA) is 62.8 Å². The van der Waals surface area contributed by atoms with Crippen LogP contribution in [0.2, 0.25) is 0 Å². The predicted molar refractivity (Wildman–Crippen MR) is 77.1 cm³/mol. The zero-order chi connectivity index (χ0) is 13.6. The van der Waals surface area contributed by atoms with Gasteiger partial charge in [-0.15, -0.1) is 0 Å². The standard InChI is InChI=1S/C15H20N4O/c1-2-6-13(7-3-1)15-14(17-19-18-15)10-16-9-12-5-4-8-20-11-12/h1-3,6-7,12,16H,4-5,8-11H2,(H,17,18,19). The fraction of sp³-hybridized carbons (Fsp3) is 0.467. The SMILES string of the molecule is c1ccc(-c2n[nH]nc2CNCC2CCCOC2)cc1. The van der Waals surface area contributed by atoms with Gasteiger partial charge in [0, 0.05) is 25.3 Å². The lowest BCUT2D eigenvalue weighted by atomic mass is 10.0. The minimum Gasteiger partial charge on any atom is -0.381 e. The third-order valence-electron chi connectivity index (χ3n) is 3.65. The van der Waals surface area contributed by atoms with E-state index in [9.17, 15) is 0 Å². The molecule has 1 aromatic carbocycles. The van der Waals surface area contributed by atoms with Crippen LogP contribution in [0.3, 0.4) is 0 Å². The number of nitrogens with one attached hydrogen (secondary N) is 2. The highest BCUT2D eigenvalue weighted by molar-refractivity contribution is 5.60. The Labute approximate surface area is 118 Å². The van der Waals surface area contributed by atoms with Crippen molar-refractivity contribution in [1.82, 2.24) is 20.7 Å². The van der Waals surface area contributed by atoms with Crippen LogP contribution in [0.5, 0.6) is 0 Å². The van der Waals surface area contributed by atoms with Gasteiger partial charge in [0.1, 0.15) is 11.4 Å². The molecule has 1 aromatic heterocycles. The molecule has 0 bridgehead atoms. The van der Waals surface area contributed by atoms with Gasteiger partial charge in [-0.05, 0) is 18.8 Å². The number of H-pyrrole nitrogens is 1. The Kier molecular flexibility index (Phi) is 4.40. The summed E-state index contributed by atoms with van der Waals surface area (Å²) in [4.78, 5) is 0. The quantitative estimate of drug-likeness (QED) is 0.873. The van der Waals surface area contributed by atoms with Crippen LogP contribution < -0.4 is 5.32 Å². The second kappa shape index (κ2) is 6.63. The summed E-state index contributed by atoms with van der Waals surface area (Å²) in [5.41, 5.74) is 2.99. The van der Waals surface area contributed by atoms with Gasteiger partial charge in [-0.25, -0.2) is 0 Å². The Morgan fingerprint density at radius 2 is 2.15 bits per heavy atom. The fourth-order valence-corrected chi connectivity index (χ4v) is 2.57. The van der Waals surface area contributed by atoms with Crippen molar-refractivity contribution in [3.63, 3.8) is 0 Å². The van der Waals surface area contributed by atoms with Crippen LogP contribution in [0, 0.1) is 5.92 Å². The molecule has 0 saturated carbocycles. The molecule has 3 rings (SSSR count). The monoisotopic (exact) mass is 272 g/mol. The van der Waals surface area contributed by atoms with Crippen molar-refractivity contribution in [2.45, 2.75) is 19.4 Å². The van der Waals surface area contributed by atoms with Gasteiger partial charge in [0.05, 0.1) is 6.61 Å². The molecule has 2 aromatic rings. The van der Waals surface area contributed by atoms with Crippen LogP contribution in [-0.4, -0.2) is 35.2 Å². The molecule has 1 fully saturated rings. The highest BCUT2D eigenvalue weighted by Crippen LogP contribution is 2.19. The summed E-state index contributed by atoms with van der Waals surface area (Å²) in [5, 5.41) is 14.7. The number of rotatable bonds is 5. The van der Waals surface area contributed by atoms with Gasteiger partial charge in [0.2, 0.25) is 0 Å². The van der Waals surface area contributed by atoms with Crippen molar-refractivity contribution in [2.24, 2.45) is 5.92 Å². The van der Waals surface area contributed by atoms with Crippen molar-refractivity contribution in [3.05, 3.63) is 36.0 Å². The summed E-state index contributed by atoms with van der Waals surface area (Å²) < 4.78 is 5.49. The first kappa shape index (κ1) is 13.3. The number of aromatic amines is 1. The van der Waals surface area contributed by atoms with Gasteiger partial charge in [0.15, 0.2) is 0 Å². The lowest BCUT2D eigenvalue weighted by molar-refractivity contribution is 0.0547. The largest absolute Gasteiger partial charge is 0.381 e. The van der Waals surface area contributed by atoms with E-state index in [2.05, 4.69) is 32.9 Å². The summed E-state index contributed by atoms with van der Waals surface area (Å²) in [6.45, 7) is 3.49. The molecule has 1 aliphatic heterocycles. The first-order valence-electron chi connectivity index (χ1n) is 7.17. The lowest BCUT2D eigenvalue weighted by Gasteiger charge is -2.22. The molecule has 0 spiro atoms. The predicted octanol–water partition coefficient (Wildman–Crippen LogP) is 1.99. The van der Waals surface area contributed by atoms with Crippen LogP contribution in [0.15, 0.2) is 30.3 Å². The number of benzene rings is 1. The maximum absolute atomic E-state index is 5.49. The van der Waals surface area contributed by atoms with Crippen LogP contribution in [0.4, 0.5) is 0 Å². The molecule has 20 heavy (non-hydrogen) atoms. The molecule has 1 unspecified atom stereocenters. The fourth-order valence-electron chi connectivity index (χ4n) is 2.57. The minimum atomic E-state index is 0.621. The van der Waals surface area contributed by atoms with E-state index < -0.39 is 0 Å². The Bertz CT molecular complexity index is 520. The highest BCUT2D eigenvalue weighted by atomic mass is 16.5. The molecular weight excluding hydrogens is 252 g/mol. The van der Waals surface area contributed by atoms with Crippen LogP contribution in [0.25, 0.3) is 11.3 Å². The Morgan fingerprint density at radius 1 is 1.25 bits per heavy atom. The number of hydrogen-bond donors (Lipinski definition) is 2. The van der Waals surface area contributed by atoms with Crippen molar-refractivity contribution >= 4 is 0 Å². The van der Waals surface area contributed by atoms with E-state index in [1.165, 1.54) is 12.8 Å². The normalized spacial score (nSPS) is 19.1. The zero-order valence-electron chi connectivity index (χ0n) is 11.5. The summed E-state index contributed by atoms with van der Waals surface area (Å²) in [6.07, 6.45) is 2.42. The van der Waals surface area contributed by atoms with Crippen LogP contribution >= 0.6 is 0 Å². The molecule has 2 heterocycles. The van der Waals surface area contributed by atoms with Gasteiger partial charge in [-0.3, -0.25) is 0 Å². The van der Waals surface area contributed by atoms with Crippen molar-refractivity contribution in [3.8, 4) is 11.3 Å². The summed E-state index contributed by atoms with van der Waals surface area (Å²) in [7, 11) is 0. The van der Waals surface area contributed by atoms with Crippen LogP contribution in [0.1, 0.15) is 18.5 Å². The van der Waals surface area contributed by atoms with E-state index in [0.717, 1.165) is 43.3 Å². The van der Waals surface area contributed by atoms with Crippen molar-refractivity contribution < 1.29 is 4.74 Å². The minimum absolute atomic E-state index is 0.621. The smallest absolute Gasteiger partial charge is 0.117 e. The van der Waals surface area contributed by atoms with E-state index in [1.807, 2.05) is 18.2 Å². The van der Waals surface area contributed by atoms with Gasteiger partial charge in [0.25, 0.3) is 0 Å². The Morgan fingerprint density at radius 3 is 2.95 bits per heavy atom. The van der Waals surface area contributed by atoms with E-state index in [0.29, 0.717) is 5.92 Å². The molecule has 0 radical (unpaired) electrons. The van der Waals surface area contributed by atoms with Crippen molar-refractivity contribution in [2.75, 3.05) is 19.8 Å². The average Bonchev–Trinajstić information content (AvgIpc) is 2.98. The average molecular weight is 272 g/mol. The molecule has 2 N–H and O–H groups in total. The van der Waals surface area contributed by atoms with Crippen molar-refractivity contribution in [1.29, 1.82) is 0 Å². The van der Waals surface area contributed by atoms with Gasteiger partial charge in [-0.1, -0.05) is 30.3 Å². The molecule has 5 nitrogen and oxygen atoms in total. The van der Waals surface area contributed by atoms with Gasteiger partial charge >= 0.3 is 0 Å². The molecule has 0 aliphatic carbocycles. The third kappa shape index (κ3) is 3.23. The molecule has 1 atom stereocenters. The van der Waals surface area contributed by atoms with Gasteiger partial charge in [-0.2, -0.15) is 15.4 Å². The lowest BCUT2D eigenvalue weighted by Crippen LogP contribution is -2.29. The maximum Gasteiger partial charge on any atom is 0.117 e. The number of hydrogen-bond acceptors (Lipinski definition) is 4. The molecule has 106 valence electrons. The second-order valence-corrected chi connectivity index (χ2v) is 5.20. The molecule has 5 heteroatoms. The molecule has 1 aliphatic rings. The number of aromatic nitrogens is 3. The third-order valence-corrected chi connectivity index (χ3v) is 3.65. The molecular formula is C15H20N4O. The van der Waals surface area contributed by atoms with Crippen LogP contribution in [-0.2, 0) is 11.3 Å². The summed E-state index contributed by atoms with van der Waals surface area (Å²) in [5.74, 6) is 0.621. The summed E-state index contributed by atoms with van der Waals surface area (Å²) in [6, 6.07) is 10.1. The second-order valence-electron chi connectivity index (χ2n) is 5.20. The van der Waals surface area contributed by atoms with E-state index in [1.54, 1.807) is 0 Å². The first-order valence-corrected chi connectivity index (χ1v) is 7.17. The van der Waals surface area contributed by atoms with E-state index >= 15 is 0 Å². The van der Waals surface area contributed by atoms with E-state index in [-0.39, 0.29) is 0 Å². The summed E-state index contributed by atoms with van der Waals surface area (Å²) >= 11 is 0. The molecule has 1 saturated heterocycles. The Hall–Kier alpha value is -1.72. The number of nitrogens with zero attached hydrogens (tertiary/aromatic N) is 2. The van der Waals surface area contributed by atoms with E-state index in [4.69, 9.17) is 4.74 Å². The first-order chi connectivity index (χ1) is 9.93. The van der Waals surface area contributed by atoms with Gasteiger partial charge < -0.3 is 10.1 Å². The zero-order valence-corrected chi connectivity index (χ0v) is 11.5. The Balaban J connectivity index is 1.57. The molecule has 0 amide bonds. The number of ether oxygens (including phenoxy) is 1. The maximum atomic E-state index is 5.49. The highest BCUT2D eigenvalue weighted by Gasteiger charge is 2.14.